The van der Waals surface area contributed by atoms with Crippen molar-refractivity contribution in [1.29, 1.82) is 0 Å². The summed E-state index contributed by atoms with van der Waals surface area (Å²) in [4.78, 5) is 0. The first-order valence-corrected chi connectivity index (χ1v) is 4.49. The summed E-state index contributed by atoms with van der Waals surface area (Å²) in [6.45, 7) is 10.9. The average molecular weight is 158 g/mol. The van der Waals surface area contributed by atoms with Gasteiger partial charge in [-0.1, -0.05) is 13.8 Å². The molecule has 0 aromatic rings. The Bertz CT molecular complexity index is 110. The van der Waals surface area contributed by atoms with Crippen LogP contribution in [0, 0.1) is 0 Å². The highest BCUT2D eigenvalue weighted by atomic mass is 15.5. The lowest BCUT2D eigenvalue weighted by atomic mass is 9.99. The lowest BCUT2D eigenvalue weighted by molar-refractivity contribution is 0.0710. The Labute approximate surface area is 70.7 Å². The fourth-order valence-electron chi connectivity index (χ4n) is 0.976. The van der Waals surface area contributed by atoms with Gasteiger partial charge in [0.15, 0.2) is 0 Å². The maximum atomic E-state index is 5.95. The van der Waals surface area contributed by atoms with Gasteiger partial charge in [0.2, 0.25) is 0 Å². The molecule has 0 aliphatic rings. The van der Waals surface area contributed by atoms with Crippen molar-refractivity contribution < 1.29 is 0 Å². The van der Waals surface area contributed by atoms with E-state index in [4.69, 9.17) is 5.84 Å². The third kappa shape index (κ3) is 2.80. The molecule has 2 heteroatoms. The Kier molecular flexibility index (Phi) is 4.04. The Balaban J connectivity index is 4.10. The van der Waals surface area contributed by atoms with E-state index in [9.17, 15) is 0 Å². The summed E-state index contributed by atoms with van der Waals surface area (Å²) in [6, 6.07) is 0.477. The predicted molar refractivity (Wildman–Crippen MR) is 50.1 cm³/mol. The minimum absolute atomic E-state index is 0.134. The van der Waals surface area contributed by atoms with Gasteiger partial charge < -0.3 is 0 Å². The van der Waals surface area contributed by atoms with Gasteiger partial charge in [-0.05, 0) is 33.6 Å². The highest BCUT2D eigenvalue weighted by Crippen LogP contribution is 2.18. The molecular weight excluding hydrogens is 136 g/mol. The SMILES string of the molecule is CCC(C)N(N)C(C)(C)CC. The normalized spacial score (nSPS) is 15.5. The van der Waals surface area contributed by atoms with E-state index < -0.39 is 0 Å². The van der Waals surface area contributed by atoms with Crippen LogP contribution in [0.5, 0.6) is 0 Å². The maximum Gasteiger partial charge on any atom is 0.0296 e. The van der Waals surface area contributed by atoms with Gasteiger partial charge in [0.05, 0.1) is 0 Å². The van der Waals surface area contributed by atoms with Crippen LogP contribution < -0.4 is 5.84 Å². The molecule has 11 heavy (non-hydrogen) atoms. The lowest BCUT2D eigenvalue weighted by Crippen LogP contribution is -2.52. The van der Waals surface area contributed by atoms with Gasteiger partial charge >= 0.3 is 0 Å². The van der Waals surface area contributed by atoms with Crippen molar-refractivity contribution in [3.8, 4) is 0 Å². The monoisotopic (exact) mass is 158 g/mol. The second kappa shape index (κ2) is 4.07. The van der Waals surface area contributed by atoms with Crippen LogP contribution in [0.2, 0.25) is 0 Å². The molecule has 0 amide bonds. The molecule has 0 bridgehead atoms. The minimum Gasteiger partial charge on any atom is -0.268 e. The maximum absolute atomic E-state index is 5.95. The fraction of sp³-hybridized carbons (Fsp3) is 1.00. The molecule has 0 aliphatic carbocycles. The smallest absolute Gasteiger partial charge is 0.0296 e. The summed E-state index contributed by atoms with van der Waals surface area (Å²) in [5.41, 5.74) is 0.134. The first-order chi connectivity index (χ1) is 4.95. The predicted octanol–water partition coefficient (Wildman–Crippen LogP) is 2.15. The topological polar surface area (TPSA) is 29.3 Å². The zero-order chi connectivity index (χ0) is 9.07. The first kappa shape index (κ1) is 10.9. The summed E-state index contributed by atoms with van der Waals surface area (Å²) >= 11 is 0. The van der Waals surface area contributed by atoms with E-state index in [1.807, 2.05) is 5.01 Å². The lowest BCUT2D eigenvalue weighted by Gasteiger charge is -2.38. The molecule has 1 atom stereocenters. The van der Waals surface area contributed by atoms with Crippen molar-refractivity contribution in [2.45, 2.75) is 59.0 Å². The fourth-order valence-corrected chi connectivity index (χ4v) is 0.976. The Morgan fingerprint density at radius 3 is 2.09 bits per heavy atom. The summed E-state index contributed by atoms with van der Waals surface area (Å²) in [7, 11) is 0. The third-order valence-electron chi connectivity index (χ3n) is 2.63. The molecular formula is C9H22N2. The molecule has 0 aromatic heterocycles. The molecule has 0 rings (SSSR count). The highest BCUT2D eigenvalue weighted by Gasteiger charge is 2.24. The Morgan fingerprint density at radius 2 is 1.82 bits per heavy atom. The number of hydrogen-bond donors (Lipinski definition) is 1. The molecule has 0 saturated heterocycles. The number of rotatable bonds is 4. The standard InChI is InChI=1S/C9H22N2/c1-6-8(3)11(10)9(4,5)7-2/h8H,6-7,10H2,1-5H3. The molecule has 0 saturated carbocycles. The molecule has 0 radical (unpaired) electrons. The van der Waals surface area contributed by atoms with E-state index in [2.05, 4.69) is 34.6 Å². The van der Waals surface area contributed by atoms with Crippen LogP contribution in [0.3, 0.4) is 0 Å². The van der Waals surface area contributed by atoms with E-state index in [0.717, 1.165) is 12.8 Å². The van der Waals surface area contributed by atoms with Crippen molar-refractivity contribution >= 4 is 0 Å². The van der Waals surface area contributed by atoms with E-state index in [1.165, 1.54) is 0 Å². The summed E-state index contributed by atoms with van der Waals surface area (Å²) in [5.74, 6) is 5.95. The quantitative estimate of drug-likeness (QED) is 0.502. The average Bonchev–Trinajstić information content (AvgIpc) is 2.01. The van der Waals surface area contributed by atoms with Gasteiger partial charge in [0.1, 0.15) is 0 Å². The molecule has 0 aliphatic heterocycles. The zero-order valence-electron chi connectivity index (χ0n) is 8.52. The van der Waals surface area contributed by atoms with Crippen molar-refractivity contribution in [2.24, 2.45) is 5.84 Å². The third-order valence-corrected chi connectivity index (χ3v) is 2.63. The second-order valence-electron chi connectivity index (χ2n) is 3.83. The summed E-state index contributed by atoms with van der Waals surface area (Å²) in [5, 5.41) is 1.97. The Morgan fingerprint density at radius 1 is 1.36 bits per heavy atom. The minimum atomic E-state index is 0.134. The molecule has 68 valence electrons. The number of hydrogen-bond acceptors (Lipinski definition) is 2. The van der Waals surface area contributed by atoms with Crippen LogP contribution in [0.25, 0.3) is 0 Å². The molecule has 2 nitrogen and oxygen atoms in total. The van der Waals surface area contributed by atoms with Crippen LogP contribution in [0.1, 0.15) is 47.5 Å². The highest BCUT2D eigenvalue weighted by molar-refractivity contribution is 4.78. The van der Waals surface area contributed by atoms with Crippen molar-refractivity contribution in [3.05, 3.63) is 0 Å². The number of nitrogens with zero attached hydrogens (tertiary/aromatic N) is 1. The van der Waals surface area contributed by atoms with Crippen LogP contribution in [0.4, 0.5) is 0 Å². The first-order valence-electron chi connectivity index (χ1n) is 4.49. The van der Waals surface area contributed by atoms with Gasteiger partial charge in [0.25, 0.3) is 0 Å². The van der Waals surface area contributed by atoms with Gasteiger partial charge in [-0.2, -0.15) is 0 Å². The van der Waals surface area contributed by atoms with E-state index in [1.54, 1.807) is 0 Å². The van der Waals surface area contributed by atoms with Gasteiger partial charge in [0, 0.05) is 11.6 Å². The van der Waals surface area contributed by atoms with Crippen LogP contribution in [-0.2, 0) is 0 Å². The van der Waals surface area contributed by atoms with Crippen LogP contribution in [0.15, 0.2) is 0 Å². The summed E-state index contributed by atoms with van der Waals surface area (Å²) in [6.07, 6.45) is 2.20. The van der Waals surface area contributed by atoms with Gasteiger partial charge in [-0.25, -0.2) is 5.01 Å². The molecule has 0 fully saturated rings. The second-order valence-corrected chi connectivity index (χ2v) is 3.83. The molecule has 0 heterocycles. The van der Waals surface area contributed by atoms with Crippen molar-refractivity contribution in [1.82, 2.24) is 5.01 Å². The van der Waals surface area contributed by atoms with E-state index in [0.29, 0.717) is 6.04 Å². The van der Waals surface area contributed by atoms with Crippen LogP contribution in [-0.4, -0.2) is 16.6 Å². The van der Waals surface area contributed by atoms with Gasteiger partial charge in [-0.15, -0.1) is 0 Å². The zero-order valence-corrected chi connectivity index (χ0v) is 8.52. The van der Waals surface area contributed by atoms with E-state index in [-0.39, 0.29) is 5.54 Å². The van der Waals surface area contributed by atoms with Crippen molar-refractivity contribution in [2.75, 3.05) is 0 Å². The number of hydrazine groups is 1. The summed E-state index contributed by atoms with van der Waals surface area (Å²) < 4.78 is 0. The van der Waals surface area contributed by atoms with Gasteiger partial charge in [-0.3, -0.25) is 5.84 Å². The molecule has 0 spiro atoms. The largest absolute Gasteiger partial charge is 0.268 e. The Hall–Kier alpha value is -0.0800. The molecule has 2 N–H and O–H groups in total. The van der Waals surface area contributed by atoms with Crippen LogP contribution >= 0.6 is 0 Å². The molecule has 1 unspecified atom stereocenters. The van der Waals surface area contributed by atoms with Crippen molar-refractivity contribution in [3.63, 3.8) is 0 Å². The molecule has 0 aromatic carbocycles. The number of nitrogens with two attached hydrogens (primary N) is 1. The van der Waals surface area contributed by atoms with E-state index >= 15 is 0 Å².